The number of nitriles is 1. The average molecular weight is 451 g/mol. The zero-order chi connectivity index (χ0) is 24.2. The lowest BCUT2D eigenvalue weighted by atomic mass is 9.86. The Labute approximate surface area is 193 Å². The molecule has 0 spiro atoms. The summed E-state index contributed by atoms with van der Waals surface area (Å²) in [4.78, 5) is 36.4. The minimum atomic E-state index is -0.687. The van der Waals surface area contributed by atoms with E-state index < -0.39 is 11.3 Å². The van der Waals surface area contributed by atoms with E-state index in [4.69, 9.17) is 5.73 Å². The van der Waals surface area contributed by atoms with Gasteiger partial charge >= 0.3 is 6.03 Å². The summed E-state index contributed by atoms with van der Waals surface area (Å²) in [6.07, 6.45) is 3.29. The van der Waals surface area contributed by atoms with Gasteiger partial charge in [-0.15, -0.1) is 0 Å². The maximum atomic E-state index is 12.0. The summed E-state index contributed by atoms with van der Waals surface area (Å²) in [6.45, 7) is 5.04. The number of rotatable bonds is 6. The maximum Gasteiger partial charge on any atom is 0.317 e. The molecule has 4 N–H and O–H groups in total. The molecule has 2 aromatic rings. The first kappa shape index (κ1) is 23.8. The van der Waals surface area contributed by atoms with Crippen LogP contribution in [0, 0.1) is 11.3 Å². The summed E-state index contributed by atoms with van der Waals surface area (Å²) >= 11 is 0. The van der Waals surface area contributed by atoms with E-state index in [9.17, 15) is 14.9 Å². The molecule has 0 radical (unpaired) electrons. The predicted molar refractivity (Wildman–Crippen MR) is 126 cm³/mol. The predicted octanol–water partition coefficient (Wildman–Crippen LogP) is 2.36. The summed E-state index contributed by atoms with van der Waals surface area (Å²) < 4.78 is 0. The number of primary amides is 1. The van der Waals surface area contributed by atoms with Crippen molar-refractivity contribution in [2.75, 3.05) is 37.4 Å². The second-order valence-corrected chi connectivity index (χ2v) is 8.86. The summed E-state index contributed by atoms with van der Waals surface area (Å²) in [7, 11) is 3.41. The largest absolute Gasteiger partial charge is 0.364 e. The smallest absolute Gasteiger partial charge is 0.317 e. The number of nitrogens with one attached hydrogen (secondary N) is 2. The first-order valence-electron chi connectivity index (χ1n) is 10.8. The molecule has 1 aromatic heterocycles. The minimum Gasteiger partial charge on any atom is -0.364 e. The standard InChI is InChI=1S/C23H30N8O2/c1-23(2,14-24)15-7-9-16(10-8-15)27-21-19(20(25)32)26-12-18(29-21)31-11-5-6-17(13-31)28-22(33)30(3)4/h7-10,12,17H,5-6,11,13H2,1-4H3,(H2,25,32)(H,27,29)(H,28,33). The Morgan fingerprint density at radius 1 is 1.27 bits per heavy atom. The first-order valence-corrected chi connectivity index (χ1v) is 10.8. The third-order valence-corrected chi connectivity index (χ3v) is 5.62. The molecule has 10 heteroatoms. The van der Waals surface area contributed by atoms with E-state index in [1.165, 1.54) is 11.1 Å². The second-order valence-electron chi connectivity index (χ2n) is 8.86. The average Bonchev–Trinajstić information content (AvgIpc) is 2.79. The van der Waals surface area contributed by atoms with Crippen LogP contribution in [0.4, 0.5) is 22.1 Å². The molecular formula is C23H30N8O2. The third-order valence-electron chi connectivity index (χ3n) is 5.62. The number of carbonyl (C=O) groups excluding carboxylic acids is 2. The van der Waals surface area contributed by atoms with E-state index in [2.05, 4.69) is 26.7 Å². The Morgan fingerprint density at radius 3 is 2.58 bits per heavy atom. The highest BCUT2D eigenvalue weighted by Gasteiger charge is 2.25. The van der Waals surface area contributed by atoms with Crippen LogP contribution in [0.25, 0.3) is 0 Å². The van der Waals surface area contributed by atoms with E-state index in [1.807, 2.05) is 43.0 Å². The highest BCUT2D eigenvalue weighted by molar-refractivity contribution is 5.96. The van der Waals surface area contributed by atoms with Gasteiger partial charge in [0.15, 0.2) is 11.5 Å². The molecule has 1 aliphatic rings. The third kappa shape index (κ3) is 5.68. The zero-order valence-electron chi connectivity index (χ0n) is 19.4. The number of hydrogen-bond donors (Lipinski definition) is 3. The van der Waals surface area contributed by atoms with E-state index in [0.29, 0.717) is 18.1 Å². The van der Waals surface area contributed by atoms with Gasteiger partial charge in [-0.1, -0.05) is 12.1 Å². The number of nitrogens with zero attached hydrogens (tertiary/aromatic N) is 5. The van der Waals surface area contributed by atoms with E-state index in [-0.39, 0.29) is 23.6 Å². The fourth-order valence-electron chi connectivity index (χ4n) is 3.58. The zero-order valence-corrected chi connectivity index (χ0v) is 19.4. The quantitative estimate of drug-likeness (QED) is 0.613. The molecule has 1 unspecified atom stereocenters. The second kappa shape index (κ2) is 9.73. The van der Waals surface area contributed by atoms with Crippen LogP contribution in [-0.2, 0) is 5.41 Å². The van der Waals surface area contributed by atoms with Gasteiger partial charge < -0.3 is 26.2 Å². The van der Waals surface area contributed by atoms with Gasteiger partial charge in [-0.25, -0.2) is 14.8 Å². The lowest BCUT2D eigenvalue weighted by molar-refractivity contribution is 0.0996. The monoisotopic (exact) mass is 450 g/mol. The molecule has 3 rings (SSSR count). The number of urea groups is 1. The molecule has 1 saturated heterocycles. The van der Waals surface area contributed by atoms with Crippen LogP contribution in [-0.4, -0.2) is 60.0 Å². The van der Waals surface area contributed by atoms with Crippen LogP contribution in [0.5, 0.6) is 0 Å². The Morgan fingerprint density at radius 2 is 1.97 bits per heavy atom. The van der Waals surface area contributed by atoms with Crippen molar-refractivity contribution in [1.29, 1.82) is 5.26 Å². The number of nitrogens with two attached hydrogens (primary N) is 1. The number of aromatic nitrogens is 2. The lowest BCUT2D eigenvalue weighted by Gasteiger charge is -2.34. The van der Waals surface area contributed by atoms with Gasteiger partial charge in [0, 0.05) is 38.9 Å². The van der Waals surface area contributed by atoms with E-state index in [0.717, 1.165) is 24.9 Å². The number of benzene rings is 1. The van der Waals surface area contributed by atoms with Crippen LogP contribution in [0.1, 0.15) is 42.7 Å². The summed E-state index contributed by atoms with van der Waals surface area (Å²) in [5, 5.41) is 15.5. The SMILES string of the molecule is CN(C)C(=O)NC1CCCN(c2cnc(C(N)=O)c(Nc3ccc(C(C)(C)C#N)cc3)n2)C1. The Hall–Kier alpha value is -3.87. The summed E-state index contributed by atoms with van der Waals surface area (Å²) in [5.74, 6) is 0.161. The van der Waals surface area contributed by atoms with Crippen LogP contribution in [0.15, 0.2) is 30.5 Å². The fourth-order valence-corrected chi connectivity index (χ4v) is 3.58. The van der Waals surface area contributed by atoms with Crippen molar-refractivity contribution in [2.45, 2.75) is 38.1 Å². The molecule has 174 valence electrons. The number of amides is 3. The topological polar surface area (TPSA) is 140 Å². The molecule has 3 amide bonds. The Bertz CT molecular complexity index is 1060. The lowest BCUT2D eigenvalue weighted by Crippen LogP contribution is -2.50. The minimum absolute atomic E-state index is 0.0151. The van der Waals surface area contributed by atoms with Crippen LogP contribution < -0.4 is 21.3 Å². The fraction of sp³-hybridized carbons (Fsp3) is 0.435. The molecule has 33 heavy (non-hydrogen) atoms. The van der Waals surface area contributed by atoms with Gasteiger partial charge in [0.1, 0.15) is 5.82 Å². The first-order chi connectivity index (χ1) is 15.6. The van der Waals surface area contributed by atoms with Crippen molar-refractivity contribution in [3.8, 4) is 6.07 Å². The summed E-state index contributed by atoms with van der Waals surface area (Å²) in [6, 6.07) is 9.48. The van der Waals surface area contributed by atoms with Crippen molar-refractivity contribution < 1.29 is 9.59 Å². The Kier molecular flexibility index (Phi) is 7.01. The molecule has 1 fully saturated rings. The van der Waals surface area contributed by atoms with Gasteiger partial charge in [0.2, 0.25) is 0 Å². The van der Waals surface area contributed by atoms with Gasteiger partial charge in [-0.05, 0) is 44.4 Å². The van der Waals surface area contributed by atoms with Crippen molar-refractivity contribution >= 4 is 29.3 Å². The molecule has 1 aromatic carbocycles. The number of anilines is 3. The van der Waals surface area contributed by atoms with Gasteiger partial charge in [-0.2, -0.15) is 5.26 Å². The van der Waals surface area contributed by atoms with Crippen LogP contribution in [0.3, 0.4) is 0 Å². The number of hydrogen-bond acceptors (Lipinski definition) is 7. The van der Waals surface area contributed by atoms with Gasteiger partial charge in [0.05, 0.1) is 17.7 Å². The molecule has 0 saturated carbocycles. The maximum absolute atomic E-state index is 12.0. The molecule has 1 atom stereocenters. The highest BCUT2D eigenvalue weighted by Crippen LogP contribution is 2.26. The normalized spacial score (nSPS) is 16.0. The van der Waals surface area contributed by atoms with Gasteiger partial charge in [-0.3, -0.25) is 4.79 Å². The summed E-state index contributed by atoms with van der Waals surface area (Å²) in [5.41, 5.74) is 6.52. The van der Waals surface area contributed by atoms with Crippen molar-refractivity contribution in [3.63, 3.8) is 0 Å². The number of piperidine rings is 1. The molecule has 0 bridgehead atoms. The number of carbonyl (C=O) groups is 2. The van der Waals surface area contributed by atoms with E-state index >= 15 is 0 Å². The molecule has 0 aliphatic carbocycles. The van der Waals surface area contributed by atoms with Crippen LogP contribution in [0.2, 0.25) is 0 Å². The highest BCUT2D eigenvalue weighted by atomic mass is 16.2. The molecular weight excluding hydrogens is 420 g/mol. The van der Waals surface area contributed by atoms with Gasteiger partial charge in [0.25, 0.3) is 5.91 Å². The van der Waals surface area contributed by atoms with Crippen molar-refractivity contribution in [2.24, 2.45) is 5.73 Å². The molecule has 10 nitrogen and oxygen atoms in total. The van der Waals surface area contributed by atoms with Crippen molar-refractivity contribution in [1.82, 2.24) is 20.2 Å². The van der Waals surface area contributed by atoms with E-state index in [1.54, 1.807) is 14.1 Å². The molecule has 2 heterocycles. The Balaban J connectivity index is 1.82. The van der Waals surface area contributed by atoms with Crippen molar-refractivity contribution in [3.05, 3.63) is 41.7 Å². The molecule has 1 aliphatic heterocycles. The van der Waals surface area contributed by atoms with Crippen LogP contribution >= 0.6 is 0 Å².